The molecule has 0 unspecified atom stereocenters. The number of nitrogens with zero attached hydrogens (tertiary/aromatic N) is 1. The van der Waals surface area contributed by atoms with Crippen LogP contribution in [0.5, 0.6) is 0 Å². The summed E-state index contributed by atoms with van der Waals surface area (Å²) in [7, 11) is 3.30. The third kappa shape index (κ3) is 6.96. The van der Waals surface area contributed by atoms with Gasteiger partial charge in [0.1, 0.15) is 18.2 Å². The summed E-state index contributed by atoms with van der Waals surface area (Å²) in [6.07, 6.45) is 0.592. The van der Waals surface area contributed by atoms with Crippen molar-refractivity contribution in [3.63, 3.8) is 0 Å². The number of quaternary nitrogens is 1. The Morgan fingerprint density at radius 3 is 2.36 bits per heavy atom. The molecule has 0 radical (unpaired) electrons. The lowest BCUT2D eigenvalue weighted by atomic mass is 10.2. The summed E-state index contributed by atoms with van der Waals surface area (Å²) < 4.78 is 5.28. The Balaban J connectivity index is 2.46. The average molecular weight is 358 g/mol. The number of hydrogen-bond donors (Lipinski definition) is 4. The van der Waals surface area contributed by atoms with Gasteiger partial charge in [-0.1, -0.05) is 0 Å². The van der Waals surface area contributed by atoms with Gasteiger partial charge in [0.05, 0.1) is 14.1 Å². The number of likely N-dealkylation sites (N-methyl/N-ethyl adjacent to an activating group) is 1. The Labute approximate surface area is 147 Å². The van der Waals surface area contributed by atoms with Gasteiger partial charge in [0, 0.05) is 6.54 Å². The highest BCUT2D eigenvalue weighted by Crippen LogP contribution is 2.20. The Kier molecular flexibility index (Phi) is 7.16. The monoisotopic (exact) mass is 358 g/mol. The molecule has 1 fully saturated rings. The molecule has 1 atom stereocenters. The molecule has 0 aliphatic carbocycles. The van der Waals surface area contributed by atoms with Crippen molar-refractivity contribution in [1.29, 1.82) is 0 Å². The molecule has 1 rings (SSSR count). The fourth-order valence-corrected chi connectivity index (χ4v) is 2.16. The number of rotatable bonds is 3. The summed E-state index contributed by atoms with van der Waals surface area (Å²) in [5, 5.41) is 2.33. The highest BCUT2D eigenvalue weighted by molar-refractivity contribution is 5.88. The van der Waals surface area contributed by atoms with Crippen LogP contribution >= 0.6 is 0 Å². The van der Waals surface area contributed by atoms with Crippen LogP contribution in [-0.2, 0) is 14.3 Å². The Hall–Kier alpha value is -2.36. The van der Waals surface area contributed by atoms with Crippen molar-refractivity contribution in [2.24, 2.45) is 0 Å². The van der Waals surface area contributed by atoms with Gasteiger partial charge in [-0.25, -0.2) is 19.8 Å². The van der Waals surface area contributed by atoms with Gasteiger partial charge in [-0.05, 0) is 33.6 Å². The zero-order valence-corrected chi connectivity index (χ0v) is 15.4. The summed E-state index contributed by atoms with van der Waals surface area (Å²) in [6, 6.07) is -1.41. The van der Waals surface area contributed by atoms with Gasteiger partial charge in [0.2, 0.25) is 0 Å². The summed E-state index contributed by atoms with van der Waals surface area (Å²) in [6.45, 7) is 5.51. The van der Waals surface area contributed by atoms with Crippen LogP contribution in [0.25, 0.3) is 0 Å². The van der Waals surface area contributed by atoms with Crippen molar-refractivity contribution in [2.75, 3.05) is 27.2 Å². The maximum Gasteiger partial charge on any atom is 0.410 e. The number of carbonyl (C=O) groups is 4. The summed E-state index contributed by atoms with van der Waals surface area (Å²) >= 11 is 0. The van der Waals surface area contributed by atoms with Gasteiger partial charge in [-0.3, -0.25) is 20.0 Å². The lowest BCUT2D eigenvalue weighted by Gasteiger charge is -2.28. The van der Waals surface area contributed by atoms with Crippen LogP contribution in [0, 0.1) is 0 Å². The molecule has 4 N–H and O–H groups in total. The van der Waals surface area contributed by atoms with Crippen LogP contribution in [-0.4, -0.2) is 67.7 Å². The molecule has 1 saturated heterocycles. The molecule has 142 valence electrons. The molecule has 0 spiro atoms. The van der Waals surface area contributed by atoms with Crippen molar-refractivity contribution in [2.45, 2.75) is 45.3 Å². The molecule has 0 aromatic rings. The van der Waals surface area contributed by atoms with E-state index in [-0.39, 0.29) is 12.5 Å². The summed E-state index contributed by atoms with van der Waals surface area (Å²) in [4.78, 5) is 49.3. The highest BCUT2D eigenvalue weighted by Gasteiger charge is 2.36. The molecule has 0 bridgehead atoms. The van der Waals surface area contributed by atoms with E-state index in [0.717, 1.165) is 0 Å². The van der Waals surface area contributed by atoms with Crippen LogP contribution in [0.3, 0.4) is 0 Å². The summed E-state index contributed by atoms with van der Waals surface area (Å²) in [5.41, 5.74) is 3.78. The first kappa shape index (κ1) is 20.7. The first-order valence-corrected chi connectivity index (χ1v) is 8.18. The smallest absolute Gasteiger partial charge is 0.410 e. The second kappa shape index (κ2) is 8.65. The van der Waals surface area contributed by atoms with Crippen LogP contribution in [0.1, 0.15) is 33.6 Å². The maximum absolute atomic E-state index is 12.2. The zero-order valence-electron chi connectivity index (χ0n) is 15.4. The minimum atomic E-state index is -0.706. The Bertz CT molecular complexity index is 529. The Morgan fingerprint density at radius 1 is 1.16 bits per heavy atom. The molecular weight excluding hydrogens is 330 g/mol. The number of carbonyl (C=O) groups excluding carboxylic acids is 4. The largest absolute Gasteiger partial charge is 0.444 e. The second-order valence-electron chi connectivity index (χ2n) is 7.05. The molecule has 25 heavy (non-hydrogen) atoms. The van der Waals surface area contributed by atoms with E-state index in [9.17, 15) is 19.2 Å². The van der Waals surface area contributed by atoms with Crippen molar-refractivity contribution in [3.05, 3.63) is 0 Å². The van der Waals surface area contributed by atoms with Crippen LogP contribution in [0.15, 0.2) is 0 Å². The van der Waals surface area contributed by atoms with E-state index in [0.29, 0.717) is 24.3 Å². The van der Waals surface area contributed by atoms with E-state index in [1.54, 1.807) is 34.9 Å². The van der Waals surface area contributed by atoms with E-state index < -0.39 is 29.7 Å². The number of nitrogens with one attached hydrogen (secondary N) is 4. The molecule has 1 aliphatic rings. The number of urea groups is 1. The maximum atomic E-state index is 12.2. The van der Waals surface area contributed by atoms with Gasteiger partial charge in [0.25, 0.3) is 5.91 Å². The SMILES string of the molecule is C[NH+](C)C(=O)CNC(=O)NNC(=O)[C@@H]1CCCN1C(=O)OC(C)(C)C. The van der Waals surface area contributed by atoms with Crippen molar-refractivity contribution in [1.82, 2.24) is 21.1 Å². The van der Waals surface area contributed by atoms with Gasteiger partial charge in [-0.15, -0.1) is 0 Å². The molecule has 0 aromatic carbocycles. The lowest BCUT2D eigenvalue weighted by Crippen LogP contribution is -3.09. The highest BCUT2D eigenvalue weighted by atomic mass is 16.6. The molecular formula is C15H28N5O5+. The molecule has 10 nitrogen and oxygen atoms in total. The zero-order chi connectivity index (χ0) is 19.2. The first-order chi connectivity index (χ1) is 11.5. The average Bonchev–Trinajstić information content (AvgIpc) is 2.98. The predicted molar refractivity (Wildman–Crippen MR) is 88.5 cm³/mol. The number of hydrogen-bond acceptors (Lipinski definition) is 5. The normalized spacial score (nSPS) is 17.2. The van der Waals surface area contributed by atoms with Crippen LogP contribution < -0.4 is 21.1 Å². The van der Waals surface area contributed by atoms with Gasteiger partial charge in [0.15, 0.2) is 0 Å². The molecule has 1 aliphatic heterocycles. The predicted octanol–water partition coefficient (Wildman–Crippen LogP) is -1.61. The quantitative estimate of drug-likeness (QED) is 0.452. The van der Waals surface area contributed by atoms with Gasteiger partial charge in [-0.2, -0.15) is 0 Å². The molecule has 0 saturated carbocycles. The fourth-order valence-electron chi connectivity index (χ4n) is 2.16. The molecule has 0 aromatic heterocycles. The van der Waals surface area contributed by atoms with E-state index in [1.165, 1.54) is 4.90 Å². The standard InChI is InChI=1S/C15H27N5O5/c1-15(2,3)25-14(24)20-8-6-7-10(20)12(22)17-18-13(23)16-9-11(21)19(4)5/h10H,6-9H2,1-5H3,(H,17,22)(H2,16,18,23)/p+1/t10-/m0/s1. The Morgan fingerprint density at radius 2 is 1.80 bits per heavy atom. The van der Waals surface area contributed by atoms with Gasteiger partial charge < -0.3 is 10.1 Å². The van der Waals surface area contributed by atoms with Crippen LogP contribution in [0.2, 0.25) is 0 Å². The summed E-state index contributed by atoms with van der Waals surface area (Å²) in [5.74, 6) is -0.712. The number of ether oxygens (including phenoxy) is 1. The van der Waals surface area contributed by atoms with E-state index >= 15 is 0 Å². The minimum Gasteiger partial charge on any atom is -0.444 e. The lowest BCUT2D eigenvalue weighted by molar-refractivity contribution is -0.774. The van der Waals surface area contributed by atoms with Crippen molar-refractivity contribution in [3.8, 4) is 0 Å². The number of likely N-dealkylation sites (tertiary alicyclic amines) is 1. The van der Waals surface area contributed by atoms with Crippen molar-refractivity contribution >= 4 is 23.9 Å². The number of hydrazine groups is 1. The third-order valence-corrected chi connectivity index (χ3v) is 3.45. The van der Waals surface area contributed by atoms with E-state index in [2.05, 4.69) is 16.2 Å². The van der Waals surface area contributed by atoms with Crippen molar-refractivity contribution < 1.29 is 28.8 Å². The third-order valence-electron chi connectivity index (χ3n) is 3.45. The number of amides is 5. The molecule has 5 amide bonds. The van der Waals surface area contributed by atoms with E-state index in [4.69, 9.17) is 4.74 Å². The van der Waals surface area contributed by atoms with Gasteiger partial charge >= 0.3 is 18.0 Å². The first-order valence-electron chi connectivity index (χ1n) is 8.18. The molecule has 10 heteroatoms. The minimum absolute atomic E-state index is 0.155. The fraction of sp³-hybridized carbons (Fsp3) is 0.733. The topological polar surface area (TPSA) is 121 Å². The molecule has 1 heterocycles. The second-order valence-corrected chi connectivity index (χ2v) is 7.05. The van der Waals surface area contributed by atoms with E-state index in [1.807, 2.05) is 0 Å². The van der Waals surface area contributed by atoms with Crippen LogP contribution in [0.4, 0.5) is 9.59 Å².